The fraction of sp³-hybridized carbons (Fsp3) is 0.423. The number of Topliss-reactive ketones (excluding diaryl/α,β-unsaturated/α-hetero) is 1. The second kappa shape index (κ2) is 11.6. The van der Waals surface area contributed by atoms with Crippen LogP contribution in [0.3, 0.4) is 0 Å². The number of aromatic amines is 1. The van der Waals surface area contributed by atoms with Gasteiger partial charge in [0, 0.05) is 56.2 Å². The van der Waals surface area contributed by atoms with Crippen molar-refractivity contribution in [3.05, 3.63) is 41.6 Å². The highest BCUT2D eigenvalue weighted by atomic mass is 32.2. The van der Waals surface area contributed by atoms with Crippen LogP contribution in [-0.4, -0.2) is 71.1 Å². The molecule has 1 aromatic carbocycles. The monoisotopic (exact) mass is 523 g/mol. The molecule has 1 saturated heterocycles. The molecule has 3 heterocycles. The van der Waals surface area contributed by atoms with Crippen LogP contribution >= 0.6 is 11.8 Å². The lowest BCUT2D eigenvalue weighted by Crippen LogP contribution is -2.40. The number of rotatable bonds is 9. The van der Waals surface area contributed by atoms with Crippen LogP contribution in [0.25, 0.3) is 0 Å². The number of carbonyl (C=O) groups is 2. The fourth-order valence-corrected chi connectivity index (χ4v) is 5.08. The van der Waals surface area contributed by atoms with Crippen molar-refractivity contribution in [1.29, 1.82) is 0 Å². The van der Waals surface area contributed by atoms with Crippen LogP contribution in [0.15, 0.2) is 40.4 Å². The number of ketones is 1. The molecule has 0 spiro atoms. The lowest BCUT2D eigenvalue weighted by molar-refractivity contribution is -0.133. The zero-order chi connectivity index (χ0) is 26.5. The molecule has 196 valence electrons. The van der Waals surface area contributed by atoms with Gasteiger partial charge < -0.3 is 19.9 Å². The molecule has 4 rings (SSSR count). The zero-order valence-corrected chi connectivity index (χ0v) is 22.7. The second-order valence-electron chi connectivity index (χ2n) is 9.39. The topological polar surface area (TPSA) is 116 Å². The molecular formula is C26H33N7O3S. The summed E-state index contributed by atoms with van der Waals surface area (Å²) < 4.78 is 5.80. The predicted molar refractivity (Wildman–Crippen MR) is 144 cm³/mol. The summed E-state index contributed by atoms with van der Waals surface area (Å²) in [4.78, 5) is 38.3. The highest BCUT2D eigenvalue weighted by molar-refractivity contribution is 7.99. The van der Waals surface area contributed by atoms with Crippen molar-refractivity contribution < 1.29 is 14.3 Å². The van der Waals surface area contributed by atoms with Gasteiger partial charge in [0.2, 0.25) is 11.7 Å². The Morgan fingerprint density at radius 2 is 1.89 bits per heavy atom. The normalized spacial score (nSPS) is 13.9. The van der Waals surface area contributed by atoms with Crippen molar-refractivity contribution >= 4 is 40.9 Å². The fourth-order valence-electron chi connectivity index (χ4n) is 4.33. The van der Waals surface area contributed by atoms with Crippen molar-refractivity contribution in [3.8, 4) is 5.75 Å². The summed E-state index contributed by atoms with van der Waals surface area (Å²) in [6.45, 7) is 4.88. The average molecular weight is 524 g/mol. The van der Waals surface area contributed by atoms with Gasteiger partial charge >= 0.3 is 0 Å². The molecule has 0 unspecified atom stereocenters. The zero-order valence-electron chi connectivity index (χ0n) is 21.9. The van der Waals surface area contributed by atoms with E-state index in [-0.39, 0.29) is 17.6 Å². The molecule has 1 aliphatic rings. The summed E-state index contributed by atoms with van der Waals surface area (Å²) in [5.41, 5.74) is 1.89. The summed E-state index contributed by atoms with van der Waals surface area (Å²) in [6.07, 6.45) is 1.90. The number of aromatic nitrogens is 4. The van der Waals surface area contributed by atoms with Gasteiger partial charge in [-0.3, -0.25) is 14.7 Å². The first-order valence-electron chi connectivity index (χ1n) is 12.2. The highest BCUT2D eigenvalue weighted by Gasteiger charge is 2.29. The number of amides is 1. The number of nitrogens with zero attached hydrogens (tertiary/aromatic N) is 5. The SMILES string of the molecule is COc1c(Nc2cc(C)[nH]n2)nc(Sc2ccc(CC(C)=O)cc2)nc1N1CCC(C(=O)N(C)C)CC1. The number of methoxy groups -OCH3 is 1. The van der Waals surface area contributed by atoms with E-state index in [4.69, 9.17) is 14.7 Å². The van der Waals surface area contributed by atoms with Gasteiger partial charge in [-0.15, -0.1) is 0 Å². The quantitative estimate of drug-likeness (QED) is 0.403. The molecule has 0 atom stereocenters. The van der Waals surface area contributed by atoms with Crippen LogP contribution in [0.1, 0.15) is 31.0 Å². The molecule has 10 nitrogen and oxygen atoms in total. The standard InChI is InChI=1S/C26H33N7O3S/c1-16-14-21(31-30-16)27-23-22(36-5)24(33-12-10-19(11-13-33)25(35)32(3)4)29-26(28-23)37-20-8-6-18(7-9-20)15-17(2)34/h6-9,14,19H,10-13,15H2,1-5H3,(H2,27,28,29,30,31). The number of aryl methyl sites for hydroxylation is 1. The summed E-state index contributed by atoms with van der Waals surface area (Å²) >= 11 is 1.43. The molecule has 0 saturated carbocycles. The van der Waals surface area contributed by atoms with Crippen molar-refractivity contribution in [1.82, 2.24) is 25.1 Å². The van der Waals surface area contributed by atoms with Crippen LogP contribution < -0.4 is 15.0 Å². The van der Waals surface area contributed by atoms with Gasteiger partial charge in [0.05, 0.1) is 7.11 Å². The lowest BCUT2D eigenvalue weighted by atomic mass is 9.95. The maximum Gasteiger partial charge on any atom is 0.225 e. The minimum atomic E-state index is 0.00562. The number of H-pyrrole nitrogens is 1. The number of hydrogen-bond donors (Lipinski definition) is 2. The summed E-state index contributed by atoms with van der Waals surface area (Å²) in [5.74, 6) is 2.64. The van der Waals surface area contributed by atoms with Crippen LogP contribution in [-0.2, 0) is 16.0 Å². The van der Waals surface area contributed by atoms with Crippen LogP contribution in [0.2, 0.25) is 0 Å². The van der Waals surface area contributed by atoms with Crippen LogP contribution in [0.4, 0.5) is 17.5 Å². The molecular weight excluding hydrogens is 490 g/mol. The molecule has 1 amide bonds. The average Bonchev–Trinajstić information content (AvgIpc) is 3.28. The predicted octanol–water partition coefficient (Wildman–Crippen LogP) is 3.85. The Labute approximate surface area is 221 Å². The van der Waals surface area contributed by atoms with Gasteiger partial charge in [-0.2, -0.15) is 5.10 Å². The van der Waals surface area contributed by atoms with Crippen molar-refractivity contribution in [3.63, 3.8) is 0 Å². The molecule has 0 bridgehead atoms. The second-order valence-corrected chi connectivity index (χ2v) is 10.4. The minimum absolute atomic E-state index is 0.00562. The van der Waals surface area contributed by atoms with Gasteiger partial charge in [0.25, 0.3) is 0 Å². The van der Waals surface area contributed by atoms with Gasteiger partial charge in [-0.1, -0.05) is 12.1 Å². The van der Waals surface area contributed by atoms with E-state index in [2.05, 4.69) is 20.4 Å². The lowest BCUT2D eigenvalue weighted by Gasteiger charge is -2.34. The van der Waals surface area contributed by atoms with E-state index in [9.17, 15) is 9.59 Å². The first kappa shape index (κ1) is 26.5. The molecule has 2 N–H and O–H groups in total. The Bertz CT molecular complexity index is 1250. The third kappa shape index (κ3) is 6.59. The number of piperidine rings is 1. The van der Waals surface area contributed by atoms with E-state index in [1.54, 1.807) is 33.0 Å². The largest absolute Gasteiger partial charge is 0.490 e. The van der Waals surface area contributed by atoms with Crippen molar-refractivity contribution in [2.75, 3.05) is 44.5 Å². The van der Waals surface area contributed by atoms with Gasteiger partial charge in [-0.05, 0) is 56.1 Å². The van der Waals surface area contributed by atoms with Gasteiger partial charge in [-0.25, -0.2) is 9.97 Å². The number of hydrogen-bond acceptors (Lipinski definition) is 9. The molecule has 0 aliphatic carbocycles. The van der Waals surface area contributed by atoms with E-state index >= 15 is 0 Å². The Balaban J connectivity index is 1.64. The van der Waals surface area contributed by atoms with Gasteiger partial charge in [0.15, 0.2) is 22.6 Å². The summed E-state index contributed by atoms with van der Waals surface area (Å²) in [6, 6.07) is 9.73. The third-order valence-electron chi connectivity index (χ3n) is 6.15. The first-order chi connectivity index (χ1) is 17.7. The summed E-state index contributed by atoms with van der Waals surface area (Å²) in [7, 11) is 5.20. The maximum atomic E-state index is 12.5. The van der Waals surface area contributed by atoms with E-state index < -0.39 is 0 Å². The number of anilines is 3. The highest BCUT2D eigenvalue weighted by Crippen LogP contribution is 2.39. The number of ether oxygens (including phenoxy) is 1. The third-order valence-corrected chi connectivity index (χ3v) is 7.03. The van der Waals surface area contributed by atoms with E-state index in [0.717, 1.165) is 29.0 Å². The molecule has 1 fully saturated rings. The molecule has 37 heavy (non-hydrogen) atoms. The minimum Gasteiger partial charge on any atom is -0.490 e. The Morgan fingerprint density at radius 1 is 1.19 bits per heavy atom. The van der Waals surface area contributed by atoms with Crippen molar-refractivity contribution in [2.45, 2.75) is 43.2 Å². The first-order valence-corrected chi connectivity index (χ1v) is 13.0. The Kier molecular flexibility index (Phi) is 8.32. The molecule has 3 aromatic rings. The van der Waals surface area contributed by atoms with Gasteiger partial charge in [0.1, 0.15) is 5.78 Å². The van der Waals surface area contributed by atoms with E-state index in [0.29, 0.717) is 47.9 Å². The van der Waals surface area contributed by atoms with Crippen LogP contribution in [0.5, 0.6) is 5.75 Å². The smallest absolute Gasteiger partial charge is 0.225 e. The number of benzene rings is 1. The Hall–Kier alpha value is -3.60. The number of nitrogens with one attached hydrogen (secondary N) is 2. The maximum absolute atomic E-state index is 12.5. The molecule has 11 heteroatoms. The number of carbonyl (C=O) groups excluding carboxylic acids is 2. The Morgan fingerprint density at radius 3 is 2.46 bits per heavy atom. The molecule has 0 radical (unpaired) electrons. The summed E-state index contributed by atoms with van der Waals surface area (Å²) in [5, 5.41) is 11.0. The molecule has 2 aromatic heterocycles. The van der Waals surface area contributed by atoms with Crippen molar-refractivity contribution in [2.24, 2.45) is 5.92 Å². The van der Waals surface area contributed by atoms with E-state index in [1.807, 2.05) is 37.3 Å². The molecule has 1 aliphatic heterocycles. The van der Waals surface area contributed by atoms with E-state index in [1.165, 1.54) is 11.8 Å². The van der Waals surface area contributed by atoms with Crippen LogP contribution in [0, 0.1) is 12.8 Å².